The van der Waals surface area contributed by atoms with Gasteiger partial charge >= 0.3 is 0 Å². The average Bonchev–Trinajstić information content (AvgIpc) is 2.70. The number of aryl methyl sites for hydroxylation is 1. The number of benzene rings is 1. The molecule has 0 spiro atoms. The Labute approximate surface area is 162 Å². The molecule has 0 radical (unpaired) electrons. The highest BCUT2D eigenvalue weighted by atomic mass is 19.2. The second-order valence-corrected chi connectivity index (χ2v) is 9.17. The summed E-state index contributed by atoms with van der Waals surface area (Å²) < 4.78 is 39.7. The lowest BCUT2D eigenvalue weighted by atomic mass is 9.74. The summed E-state index contributed by atoms with van der Waals surface area (Å²) in [5.74, 6) is -0.0115. The molecule has 0 N–H and O–H groups in total. The quantitative estimate of drug-likeness (QED) is 0.423. The van der Waals surface area contributed by atoms with Crippen LogP contribution in [-0.4, -0.2) is 0 Å². The van der Waals surface area contributed by atoms with E-state index in [1.807, 2.05) is 0 Å². The standard InChI is InChI=1S/C24H35F3/c1-2-17-3-5-18(6-4-17)7-8-19-9-11-20(12-10-19)13-14-21-15-22(25)24(27)23(26)16-21/h15-20H,2-14H2,1H3/t17-,18-,19?,20?. The van der Waals surface area contributed by atoms with Crippen molar-refractivity contribution in [1.82, 2.24) is 0 Å². The van der Waals surface area contributed by atoms with E-state index in [9.17, 15) is 13.2 Å². The molecule has 2 aliphatic rings. The van der Waals surface area contributed by atoms with Crippen LogP contribution in [0, 0.1) is 41.1 Å². The molecule has 3 heteroatoms. The van der Waals surface area contributed by atoms with Crippen LogP contribution in [0.15, 0.2) is 12.1 Å². The van der Waals surface area contributed by atoms with Gasteiger partial charge in [-0.05, 0) is 54.2 Å². The molecule has 1 aromatic carbocycles. The van der Waals surface area contributed by atoms with E-state index in [1.165, 1.54) is 70.6 Å². The lowest BCUT2D eigenvalue weighted by molar-refractivity contribution is 0.212. The Morgan fingerprint density at radius 3 is 1.52 bits per heavy atom. The summed E-state index contributed by atoms with van der Waals surface area (Å²) in [5.41, 5.74) is 0.580. The number of hydrogen-bond donors (Lipinski definition) is 0. The molecule has 0 saturated heterocycles. The Hall–Kier alpha value is -0.990. The molecule has 2 saturated carbocycles. The second-order valence-electron chi connectivity index (χ2n) is 9.17. The van der Waals surface area contributed by atoms with Gasteiger partial charge in [0.2, 0.25) is 0 Å². The highest BCUT2D eigenvalue weighted by Crippen LogP contribution is 2.38. The summed E-state index contributed by atoms with van der Waals surface area (Å²) in [5, 5.41) is 0. The Balaban J connectivity index is 1.33. The van der Waals surface area contributed by atoms with E-state index in [-0.39, 0.29) is 0 Å². The minimum atomic E-state index is -1.36. The highest BCUT2D eigenvalue weighted by Gasteiger charge is 2.24. The first-order valence-corrected chi connectivity index (χ1v) is 11.2. The van der Waals surface area contributed by atoms with E-state index in [4.69, 9.17) is 0 Å². The summed E-state index contributed by atoms with van der Waals surface area (Å²) in [4.78, 5) is 0. The fraction of sp³-hybridized carbons (Fsp3) is 0.750. The van der Waals surface area contributed by atoms with Gasteiger partial charge in [0.15, 0.2) is 17.5 Å². The molecule has 3 rings (SSSR count). The van der Waals surface area contributed by atoms with E-state index >= 15 is 0 Å². The molecule has 0 amide bonds. The molecular formula is C24H35F3. The van der Waals surface area contributed by atoms with Crippen molar-refractivity contribution in [3.05, 3.63) is 35.1 Å². The molecule has 152 valence electrons. The fourth-order valence-electron chi connectivity index (χ4n) is 5.33. The Kier molecular flexibility index (Phi) is 7.66. The summed E-state index contributed by atoms with van der Waals surface area (Å²) in [6.45, 7) is 2.33. The smallest absolute Gasteiger partial charge is 0.194 e. The zero-order valence-corrected chi connectivity index (χ0v) is 16.8. The first-order valence-electron chi connectivity index (χ1n) is 11.2. The first-order chi connectivity index (χ1) is 13.0. The molecule has 2 aliphatic carbocycles. The van der Waals surface area contributed by atoms with Crippen molar-refractivity contribution < 1.29 is 13.2 Å². The van der Waals surface area contributed by atoms with Crippen LogP contribution < -0.4 is 0 Å². The number of hydrogen-bond acceptors (Lipinski definition) is 0. The van der Waals surface area contributed by atoms with Crippen LogP contribution in [0.1, 0.15) is 89.5 Å². The van der Waals surface area contributed by atoms with E-state index in [1.54, 1.807) is 0 Å². The predicted molar refractivity (Wildman–Crippen MR) is 105 cm³/mol. The van der Waals surface area contributed by atoms with Gasteiger partial charge in [-0.2, -0.15) is 0 Å². The van der Waals surface area contributed by atoms with Crippen molar-refractivity contribution in [3.63, 3.8) is 0 Å². The summed E-state index contributed by atoms with van der Waals surface area (Å²) in [7, 11) is 0. The average molecular weight is 381 g/mol. The van der Waals surface area contributed by atoms with E-state index in [0.29, 0.717) is 17.9 Å². The Morgan fingerprint density at radius 1 is 0.667 bits per heavy atom. The lowest BCUT2D eigenvalue weighted by Gasteiger charge is -2.32. The molecule has 0 nitrogen and oxygen atoms in total. The fourth-order valence-corrected chi connectivity index (χ4v) is 5.33. The second kappa shape index (κ2) is 9.98. The van der Waals surface area contributed by atoms with Gasteiger partial charge in [-0.25, -0.2) is 13.2 Å². The van der Waals surface area contributed by atoms with Crippen molar-refractivity contribution in [3.8, 4) is 0 Å². The topological polar surface area (TPSA) is 0 Å². The monoisotopic (exact) mass is 380 g/mol. The van der Waals surface area contributed by atoms with Crippen LogP contribution in [0.2, 0.25) is 0 Å². The van der Waals surface area contributed by atoms with Crippen molar-refractivity contribution in [2.24, 2.45) is 23.7 Å². The maximum absolute atomic E-state index is 13.3. The normalized spacial score (nSPS) is 29.0. The van der Waals surface area contributed by atoms with Crippen LogP contribution in [0.3, 0.4) is 0 Å². The minimum absolute atomic E-state index is 0.580. The van der Waals surface area contributed by atoms with Gasteiger partial charge in [-0.3, -0.25) is 0 Å². The van der Waals surface area contributed by atoms with E-state index < -0.39 is 17.5 Å². The number of rotatable bonds is 7. The van der Waals surface area contributed by atoms with Crippen molar-refractivity contribution in [1.29, 1.82) is 0 Å². The van der Waals surface area contributed by atoms with Gasteiger partial charge in [0.05, 0.1) is 0 Å². The SMILES string of the molecule is CC[C@H]1CC[C@H](CCC2CCC(CCc3cc(F)c(F)c(F)c3)CC2)CC1. The van der Waals surface area contributed by atoms with Gasteiger partial charge in [0.1, 0.15) is 0 Å². The van der Waals surface area contributed by atoms with Crippen LogP contribution >= 0.6 is 0 Å². The van der Waals surface area contributed by atoms with Crippen molar-refractivity contribution >= 4 is 0 Å². The van der Waals surface area contributed by atoms with E-state index in [0.717, 1.165) is 36.3 Å². The highest BCUT2D eigenvalue weighted by molar-refractivity contribution is 5.19. The van der Waals surface area contributed by atoms with Gasteiger partial charge in [-0.1, -0.05) is 77.6 Å². The molecule has 0 atom stereocenters. The summed E-state index contributed by atoms with van der Waals surface area (Å²) in [6, 6.07) is 2.30. The molecule has 0 aromatic heterocycles. The van der Waals surface area contributed by atoms with Crippen LogP contribution in [0.4, 0.5) is 13.2 Å². The maximum atomic E-state index is 13.3. The summed E-state index contributed by atoms with van der Waals surface area (Å²) in [6.07, 6.45) is 16.6. The molecule has 2 fully saturated rings. The minimum Gasteiger partial charge on any atom is -0.204 e. The zero-order valence-electron chi connectivity index (χ0n) is 16.8. The predicted octanol–water partition coefficient (Wildman–Crippen LogP) is 7.84. The van der Waals surface area contributed by atoms with Crippen LogP contribution in [0.25, 0.3) is 0 Å². The maximum Gasteiger partial charge on any atom is 0.194 e. The zero-order chi connectivity index (χ0) is 19.2. The molecule has 1 aromatic rings. The lowest BCUT2D eigenvalue weighted by Crippen LogP contribution is -2.18. The molecule has 27 heavy (non-hydrogen) atoms. The van der Waals surface area contributed by atoms with Gasteiger partial charge < -0.3 is 0 Å². The van der Waals surface area contributed by atoms with Crippen LogP contribution in [0.5, 0.6) is 0 Å². The molecule has 0 unspecified atom stereocenters. The van der Waals surface area contributed by atoms with E-state index in [2.05, 4.69) is 6.92 Å². The third-order valence-corrected chi connectivity index (χ3v) is 7.38. The Bertz CT molecular complexity index is 558. The van der Waals surface area contributed by atoms with Crippen molar-refractivity contribution in [2.75, 3.05) is 0 Å². The third-order valence-electron chi connectivity index (χ3n) is 7.38. The Morgan fingerprint density at radius 2 is 1.07 bits per heavy atom. The van der Waals surface area contributed by atoms with Gasteiger partial charge in [0.25, 0.3) is 0 Å². The third kappa shape index (κ3) is 5.99. The molecule has 0 aliphatic heterocycles. The van der Waals surface area contributed by atoms with Crippen LogP contribution in [-0.2, 0) is 6.42 Å². The largest absolute Gasteiger partial charge is 0.204 e. The molecular weight excluding hydrogens is 345 g/mol. The van der Waals surface area contributed by atoms with Crippen molar-refractivity contribution in [2.45, 2.75) is 90.4 Å². The van der Waals surface area contributed by atoms with Gasteiger partial charge in [0, 0.05) is 0 Å². The van der Waals surface area contributed by atoms with Gasteiger partial charge in [-0.15, -0.1) is 0 Å². The first kappa shape index (κ1) is 20.7. The molecule has 0 bridgehead atoms. The number of halogens is 3. The molecule has 0 heterocycles. The summed E-state index contributed by atoms with van der Waals surface area (Å²) >= 11 is 0.